The van der Waals surface area contributed by atoms with E-state index in [-0.39, 0.29) is 0 Å². The molecule has 0 bridgehead atoms. The van der Waals surface area contributed by atoms with Crippen molar-refractivity contribution in [1.82, 2.24) is 4.98 Å². The van der Waals surface area contributed by atoms with Crippen LogP contribution in [0.4, 0.5) is 5.69 Å². The topological polar surface area (TPSA) is 52.0 Å². The Hall–Kier alpha value is -1.65. The summed E-state index contributed by atoms with van der Waals surface area (Å²) >= 11 is 7.50. The van der Waals surface area contributed by atoms with E-state index in [4.69, 9.17) is 21.8 Å². The first-order valence-corrected chi connectivity index (χ1v) is 7.10. The molecule has 3 aromatic rings. The number of hydrogen-bond acceptors (Lipinski definition) is 4. The van der Waals surface area contributed by atoms with Gasteiger partial charge in [-0.25, -0.2) is 4.98 Å². The minimum Gasteiger partial charge on any atom is -0.440 e. The van der Waals surface area contributed by atoms with Crippen LogP contribution in [-0.2, 0) is 5.75 Å². The number of hydrogen-bond donors (Lipinski definition) is 1. The average Bonchev–Trinajstić information content (AvgIpc) is 2.80. The lowest BCUT2D eigenvalue weighted by Gasteiger charge is -1.98. The Morgan fingerprint density at radius 1 is 1.16 bits per heavy atom. The summed E-state index contributed by atoms with van der Waals surface area (Å²) < 4.78 is 5.66. The molecule has 96 valence electrons. The van der Waals surface area contributed by atoms with Gasteiger partial charge in [-0.15, -0.1) is 11.8 Å². The van der Waals surface area contributed by atoms with Gasteiger partial charge in [0.2, 0.25) is 5.89 Å². The molecule has 0 aliphatic carbocycles. The Balaban J connectivity index is 1.76. The van der Waals surface area contributed by atoms with E-state index in [1.54, 1.807) is 17.8 Å². The van der Waals surface area contributed by atoms with Gasteiger partial charge in [0.1, 0.15) is 5.52 Å². The first-order chi connectivity index (χ1) is 9.20. The normalized spacial score (nSPS) is 11.0. The molecule has 2 N–H and O–H groups in total. The summed E-state index contributed by atoms with van der Waals surface area (Å²) in [6.07, 6.45) is 0. The number of aromatic nitrogens is 1. The van der Waals surface area contributed by atoms with E-state index in [1.807, 2.05) is 36.4 Å². The van der Waals surface area contributed by atoms with Crippen molar-refractivity contribution in [1.29, 1.82) is 0 Å². The van der Waals surface area contributed by atoms with Gasteiger partial charge < -0.3 is 10.2 Å². The van der Waals surface area contributed by atoms with Crippen LogP contribution in [-0.4, -0.2) is 4.98 Å². The fraction of sp³-hybridized carbons (Fsp3) is 0.0714. The maximum atomic E-state index is 5.85. The van der Waals surface area contributed by atoms with Crippen molar-refractivity contribution in [2.45, 2.75) is 10.6 Å². The molecule has 0 aliphatic heterocycles. The molecular weight excluding hydrogens is 280 g/mol. The molecule has 3 rings (SSSR count). The molecule has 0 spiro atoms. The monoisotopic (exact) mass is 290 g/mol. The van der Waals surface area contributed by atoms with Crippen molar-refractivity contribution in [3.05, 3.63) is 53.4 Å². The van der Waals surface area contributed by atoms with Crippen LogP contribution in [0.15, 0.2) is 51.8 Å². The van der Waals surface area contributed by atoms with Crippen molar-refractivity contribution in [2.75, 3.05) is 5.73 Å². The number of rotatable bonds is 3. The zero-order valence-electron chi connectivity index (χ0n) is 9.97. The first-order valence-electron chi connectivity index (χ1n) is 5.74. The molecule has 0 atom stereocenters. The predicted molar refractivity (Wildman–Crippen MR) is 79.4 cm³/mol. The summed E-state index contributed by atoms with van der Waals surface area (Å²) in [5, 5.41) is 0.738. The van der Waals surface area contributed by atoms with Crippen LogP contribution in [0.3, 0.4) is 0 Å². The zero-order valence-corrected chi connectivity index (χ0v) is 11.5. The second-order valence-corrected chi connectivity index (χ2v) is 5.56. The molecule has 1 heterocycles. The average molecular weight is 291 g/mol. The zero-order chi connectivity index (χ0) is 13.2. The molecule has 0 unspecified atom stereocenters. The van der Waals surface area contributed by atoms with Crippen molar-refractivity contribution < 1.29 is 4.42 Å². The summed E-state index contributed by atoms with van der Waals surface area (Å²) in [5.41, 5.74) is 7.95. The summed E-state index contributed by atoms with van der Waals surface area (Å²) in [6, 6.07) is 13.2. The van der Waals surface area contributed by atoms with Gasteiger partial charge in [0, 0.05) is 21.7 Å². The minimum atomic E-state index is 0.677. The number of nitrogen functional groups attached to an aromatic ring is 1. The number of thioether (sulfide) groups is 1. The number of anilines is 1. The molecule has 2 aromatic carbocycles. The van der Waals surface area contributed by atoms with Gasteiger partial charge in [0.25, 0.3) is 0 Å². The second-order valence-electron chi connectivity index (χ2n) is 4.08. The van der Waals surface area contributed by atoms with Gasteiger partial charge in [0.15, 0.2) is 5.58 Å². The van der Waals surface area contributed by atoms with E-state index in [2.05, 4.69) is 4.98 Å². The minimum absolute atomic E-state index is 0.677. The summed E-state index contributed by atoms with van der Waals surface area (Å²) in [4.78, 5) is 5.55. The number of oxazole rings is 1. The molecule has 0 saturated carbocycles. The van der Waals surface area contributed by atoms with Gasteiger partial charge in [-0.05, 0) is 36.4 Å². The molecule has 0 aliphatic rings. The van der Waals surface area contributed by atoms with Gasteiger partial charge in [-0.3, -0.25) is 0 Å². The number of nitrogens with two attached hydrogens (primary N) is 1. The number of benzene rings is 2. The van der Waals surface area contributed by atoms with Gasteiger partial charge >= 0.3 is 0 Å². The van der Waals surface area contributed by atoms with E-state index in [1.165, 1.54) is 0 Å². The highest BCUT2D eigenvalue weighted by Crippen LogP contribution is 2.26. The van der Waals surface area contributed by atoms with Crippen LogP contribution in [0.25, 0.3) is 11.1 Å². The van der Waals surface area contributed by atoms with E-state index in [0.29, 0.717) is 17.3 Å². The Morgan fingerprint density at radius 3 is 2.74 bits per heavy atom. The highest BCUT2D eigenvalue weighted by molar-refractivity contribution is 7.98. The van der Waals surface area contributed by atoms with Gasteiger partial charge in [-0.2, -0.15) is 0 Å². The fourth-order valence-electron chi connectivity index (χ4n) is 1.73. The standard InChI is InChI=1S/C14H11ClN2OS/c15-9-1-4-11(5-2-9)19-8-14-17-12-6-3-10(16)7-13(12)18-14/h1-7H,8,16H2. The van der Waals surface area contributed by atoms with E-state index in [9.17, 15) is 0 Å². The lowest BCUT2D eigenvalue weighted by molar-refractivity contribution is 0.556. The second kappa shape index (κ2) is 5.15. The fourth-order valence-corrected chi connectivity index (χ4v) is 2.59. The largest absolute Gasteiger partial charge is 0.440 e. The molecule has 3 nitrogen and oxygen atoms in total. The third kappa shape index (κ3) is 2.85. The molecule has 0 fully saturated rings. The van der Waals surface area contributed by atoms with Crippen molar-refractivity contribution in [3.63, 3.8) is 0 Å². The van der Waals surface area contributed by atoms with Crippen LogP contribution in [0.5, 0.6) is 0 Å². The Bertz CT molecular complexity index is 709. The Labute approximate surface area is 119 Å². The maximum absolute atomic E-state index is 5.85. The summed E-state index contributed by atoms with van der Waals surface area (Å²) in [5.74, 6) is 1.37. The highest BCUT2D eigenvalue weighted by atomic mass is 35.5. The smallest absolute Gasteiger partial charge is 0.205 e. The van der Waals surface area contributed by atoms with Crippen molar-refractivity contribution in [2.24, 2.45) is 0 Å². The summed E-state index contributed by atoms with van der Waals surface area (Å²) in [7, 11) is 0. The molecule has 1 aromatic heterocycles. The van der Waals surface area contributed by atoms with Crippen LogP contribution in [0.2, 0.25) is 5.02 Å². The van der Waals surface area contributed by atoms with Crippen LogP contribution < -0.4 is 5.73 Å². The maximum Gasteiger partial charge on any atom is 0.205 e. The van der Waals surface area contributed by atoms with Crippen molar-refractivity contribution >= 4 is 40.1 Å². The molecule has 0 radical (unpaired) electrons. The molecule has 0 saturated heterocycles. The number of halogens is 1. The predicted octanol–water partition coefficient (Wildman–Crippen LogP) is 4.36. The van der Waals surface area contributed by atoms with Crippen LogP contribution >= 0.6 is 23.4 Å². The third-order valence-electron chi connectivity index (χ3n) is 2.63. The molecule has 5 heteroatoms. The quantitative estimate of drug-likeness (QED) is 0.575. The van der Waals surface area contributed by atoms with Crippen LogP contribution in [0, 0.1) is 0 Å². The highest BCUT2D eigenvalue weighted by Gasteiger charge is 2.06. The molecule has 19 heavy (non-hydrogen) atoms. The number of nitrogens with zero attached hydrogens (tertiary/aromatic N) is 1. The third-order valence-corrected chi connectivity index (χ3v) is 3.88. The van der Waals surface area contributed by atoms with E-state index < -0.39 is 0 Å². The Kier molecular flexibility index (Phi) is 3.36. The van der Waals surface area contributed by atoms with E-state index >= 15 is 0 Å². The van der Waals surface area contributed by atoms with E-state index in [0.717, 1.165) is 21.0 Å². The first kappa shape index (κ1) is 12.4. The number of fused-ring (bicyclic) bond motifs is 1. The van der Waals surface area contributed by atoms with Crippen LogP contribution in [0.1, 0.15) is 5.89 Å². The lowest BCUT2D eigenvalue weighted by atomic mass is 10.3. The summed E-state index contributed by atoms with van der Waals surface area (Å²) in [6.45, 7) is 0. The van der Waals surface area contributed by atoms with Gasteiger partial charge in [-0.1, -0.05) is 11.6 Å². The SMILES string of the molecule is Nc1ccc2nc(CSc3ccc(Cl)cc3)oc2c1. The molecular formula is C14H11ClN2OS. The lowest BCUT2D eigenvalue weighted by Crippen LogP contribution is -1.81. The van der Waals surface area contributed by atoms with Crippen molar-refractivity contribution in [3.8, 4) is 0 Å². The van der Waals surface area contributed by atoms with Gasteiger partial charge in [0.05, 0.1) is 5.75 Å². The molecule has 0 amide bonds. The Morgan fingerprint density at radius 2 is 1.95 bits per heavy atom.